The molecule has 1 atom stereocenters. The standard InChI is InChI=1S/C18H23N3O6S/c22-13-14(10-16-4-3-9-27-16)12-19-17-6-5-15(21(23)24)11-18(17)28(25,26)20-7-1-2-8-20/h3-6,9,11,14,19,22H,1-2,7-8,10,12-13H2. The molecule has 1 aromatic carbocycles. The summed E-state index contributed by atoms with van der Waals surface area (Å²) in [5, 5.41) is 23.8. The molecule has 2 heterocycles. The molecular formula is C18H23N3O6S. The summed E-state index contributed by atoms with van der Waals surface area (Å²) in [6.07, 6.45) is 3.57. The molecule has 2 N–H and O–H groups in total. The highest BCUT2D eigenvalue weighted by atomic mass is 32.2. The van der Waals surface area contributed by atoms with Crippen LogP contribution in [0.5, 0.6) is 0 Å². The number of nitrogens with zero attached hydrogens (tertiary/aromatic N) is 2. The maximum absolute atomic E-state index is 13.0. The third kappa shape index (κ3) is 4.51. The van der Waals surface area contributed by atoms with Gasteiger partial charge >= 0.3 is 0 Å². The Balaban J connectivity index is 1.84. The number of hydrogen-bond acceptors (Lipinski definition) is 7. The average molecular weight is 409 g/mol. The average Bonchev–Trinajstić information content (AvgIpc) is 3.39. The highest BCUT2D eigenvalue weighted by Gasteiger charge is 2.31. The van der Waals surface area contributed by atoms with Crippen molar-refractivity contribution in [1.29, 1.82) is 0 Å². The quantitative estimate of drug-likeness (QED) is 0.480. The molecule has 0 saturated carbocycles. The van der Waals surface area contributed by atoms with Crippen molar-refractivity contribution in [3.63, 3.8) is 0 Å². The van der Waals surface area contributed by atoms with Crippen molar-refractivity contribution in [3.8, 4) is 0 Å². The second-order valence-electron chi connectivity index (χ2n) is 6.76. The molecule has 28 heavy (non-hydrogen) atoms. The number of hydrogen-bond donors (Lipinski definition) is 2. The second kappa shape index (κ2) is 8.72. The first-order valence-corrected chi connectivity index (χ1v) is 10.5. The lowest BCUT2D eigenvalue weighted by atomic mass is 10.0. The van der Waals surface area contributed by atoms with Gasteiger partial charge in [-0.05, 0) is 31.0 Å². The van der Waals surface area contributed by atoms with E-state index in [1.54, 1.807) is 18.4 Å². The van der Waals surface area contributed by atoms with Crippen LogP contribution in [0.15, 0.2) is 45.9 Å². The number of nitro groups is 1. The minimum atomic E-state index is -3.84. The van der Waals surface area contributed by atoms with Crippen LogP contribution >= 0.6 is 0 Å². The third-order valence-electron chi connectivity index (χ3n) is 4.77. The molecule has 1 aliphatic rings. The summed E-state index contributed by atoms with van der Waals surface area (Å²) in [5.41, 5.74) is 0.00742. The Kier molecular flexibility index (Phi) is 6.32. The normalized spacial score (nSPS) is 16.2. The van der Waals surface area contributed by atoms with Crippen molar-refractivity contribution in [2.45, 2.75) is 24.2 Å². The van der Waals surface area contributed by atoms with Crippen LogP contribution in [0.2, 0.25) is 0 Å². The van der Waals surface area contributed by atoms with E-state index in [0.29, 0.717) is 19.5 Å². The van der Waals surface area contributed by atoms with Crippen LogP contribution in [0.25, 0.3) is 0 Å². The number of sulfonamides is 1. The second-order valence-corrected chi connectivity index (χ2v) is 8.67. The van der Waals surface area contributed by atoms with Crippen LogP contribution in [0.1, 0.15) is 18.6 Å². The zero-order valence-corrected chi connectivity index (χ0v) is 16.1. The predicted octanol–water partition coefficient (Wildman–Crippen LogP) is 2.24. The largest absolute Gasteiger partial charge is 0.469 e. The molecule has 0 aliphatic carbocycles. The minimum Gasteiger partial charge on any atom is -0.469 e. The molecular weight excluding hydrogens is 386 g/mol. The fraction of sp³-hybridized carbons (Fsp3) is 0.444. The number of nitrogens with one attached hydrogen (secondary N) is 1. The molecule has 9 nitrogen and oxygen atoms in total. The molecule has 0 bridgehead atoms. The van der Waals surface area contributed by atoms with Gasteiger partial charge in [0.25, 0.3) is 5.69 Å². The number of aliphatic hydroxyl groups is 1. The summed E-state index contributed by atoms with van der Waals surface area (Å²) in [5.74, 6) is 0.512. The van der Waals surface area contributed by atoms with Crippen molar-refractivity contribution in [3.05, 3.63) is 52.5 Å². The first-order chi connectivity index (χ1) is 13.4. The van der Waals surface area contributed by atoms with Gasteiger partial charge in [-0.1, -0.05) is 0 Å². The van der Waals surface area contributed by atoms with E-state index in [9.17, 15) is 23.6 Å². The molecule has 10 heteroatoms. The Morgan fingerprint density at radius 3 is 2.64 bits per heavy atom. The molecule has 0 amide bonds. The Morgan fingerprint density at radius 1 is 1.29 bits per heavy atom. The van der Waals surface area contributed by atoms with Crippen molar-refractivity contribution in [2.75, 3.05) is 31.6 Å². The summed E-state index contributed by atoms with van der Waals surface area (Å²) < 4.78 is 32.6. The van der Waals surface area contributed by atoms with Crippen LogP contribution in [0, 0.1) is 16.0 Å². The van der Waals surface area contributed by atoms with E-state index in [0.717, 1.165) is 24.7 Å². The lowest BCUT2D eigenvalue weighted by molar-refractivity contribution is -0.385. The first-order valence-electron chi connectivity index (χ1n) is 9.07. The topological polar surface area (TPSA) is 126 Å². The summed E-state index contributed by atoms with van der Waals surface area (Å²) >= 11 is 0. The number of non-ortho nitro benzene ring substituents is 1. The molecule has 3 rings (SSSR count). The van der Waals surface area contributed by atoms with Gasteiger partial charge in [-0.15, -0.1) is 0 Å². The van der Waals surface area contributed by atoms with Gasteiger partial charge in [0.1, 0.15) is 10.7 Å². The van der Waals surface area contributed by atoms with Gasteiger partial charge in [0.15, 0.2) is 0 Å². The van der Waals surface area contributed by atoms with Crippen molar-refractivity contribution >= 4 is 21.4 Å². The maximum atomic E-state index is 13.0. The van der Waals surface area contributed by atoms with Gasteiger partial charge in [-0.3, -0.25) is 10.1 Å². The Bertz CT molecular complexity index is 907. The monoisotopic (exact) mass is 409 g/mol. The number of rotatable bonds is 9. The molecule has 0 radical (unpaired) electrons. The summed E-state index contributed by atoms with van der Waals surface area (Å²) in [6.45, 7) is 0.983. The van der Waals surface area contributed by atoms with Crippen LogP contribution in [0.4, 0.5) is 11.4 Å². The highest BCUT2D eigenvalue weighted by molar-refractivity contribution is 7.89. The van der Waals surface area contributed by atoms with Crippen molar-refractivity contribution in [1.82, 2.24) is 4.31 Å². The molecule has 1 unspecified atom stereocenters. The maximum Gasteiger partial charge on any atom is 0.270 e. The number of furan rings is 1. The van der Waals surface area contributed by atoms with Gasteiger partial charge in [0.05, 0.1) is 16.9 Å². The van der Waals surface area contributed by atoms with Gasteiger partial charge in [0, 0.05) is 50.7 Å². The zero-order chi connectivity index (χ0) is 20.1. The Morgan fingerprint density at radius 2 is 2.04 bits per heavy atom. The van der Waals surface area contributed by atoms with Gasteiger partial charge in [-0.25, -0.2) is 8.42 Å². The molecule has 2 aromatic rings. The number of nitro benzene ring substituents is 1. The smallest absolute Gasteiger partial charge is 0.270 e. The number of benzene rings is 1. The van der Waals surface area contributed by atoms with Crippen LogP contribution in [-0.4, -0.2) is 49.0 Å². The SMILES string of the molecule is O=[N+]([O-])c1ccc(NCC(CO)Cc2ccco2)c(S(=O)(=O)N2CCCC2)c1. The van der Waals surface area contributed by atoms with E-state index in [4.69, 9.17) is 4.42 Å². The van der Waals surface area contributed by atoms with E-state index in [1.165, 1.54) is 16.4 Å². The lowest BCUT2D eigenvalue weighted by Crippen LogP contribution is -2.29. The summed E-state index contributed by atoms with van der Waals surface area (Å²) in [4.78, 5) is 10.4. The Hall–Kier alpha value is -2.43. The van der Waals surface area contributed by atoms with Gasteiger partial charge < -0.3 is 14.8 Å². The fourth-order valence-electron chi connectivity index (χ4n) is 3.22. The molecule has 1 aromatic heterocycles. The van der Waals surface area contributed by atoms with E-state index >= 15 is 0 Å². The zero-order valence-electron chi connectivity index (χ0n) is 15.3. The molecule has 1 fully saturated rings. The van der Waals surface area contributed by atoms with Crippen molar-refractivity contribution < 1.29 is 22.9 Å². The van der Waals surface area contributed by atoms with Gasteiger partial charge in [0.2, 0.25) is 10.0 Å². The van der Waals surface area contributed by atoms with E-state index < -0.39 is 14.9 Å². The highest BCUT2D eigenvalue weighted by Crippen LogP contribution is 2.31. The summed E-state index contributed by atoms with van der Waals surface area (Å²) in [7, 11) is -3.84. The molecule has 1 aliphatic heterocycles. The number of anilines is 1. The van der Waals surface area contributed by atoms with Crippen LogP contribution in [-0.2, 0) is 16.4 Å². The van der Waals surface area contributed by atoms with E-state index in [2.05, 4.69) is 5.32 Å². The minimum absolute atomic E-state index is 0.113. The molecule has 152 valence electrons. The summed E-state index contributed by atoms with van der Waals surface area (Å²) in [6, 6.07) is 7.33. The molecule has 1 saturated heterocycles. The van der Waals surface area contributed by atoms with Gasteiger partial charge in [-0.2, -0.15) is 4.31 Å². The van der Waals surface area contributed by atoms with E-state index in [1.807, 2.05) is 0 Å². The lowest BCUT2D eigenvalue weighted by Gasteiger charge is -2.20. The molecule has 0 spiro atoms. The van der Waals surface area contributed by atoms with E-state index in [-0.39, 0.29) is 35.3 Å². The predicted molar refractivity (Wildman–Crippen MR) is 103 cm³/mol. The van der Waals surface area contributed by atoms with Crippen LogP contribution in [0.3, 0.4) is 0 Å². The Labute approximate surface area is 163 Å². The first kappa shape index (κ1) is 20.3. The van der Waals surface area contributed by atoms with Crippen LogP contribution < -0.4 is 5.32 Å². The van der Waals surface area contributed by atoms with Crippen molar-refractivity contribution in [2.24, 2.45) is 5.92 Å². The fourth-order valence-corrected chi connectivity index (χ4v) is 4.93. The third-order valence-corrected chi connectivity index (χ3v) is 6.71. The number of aliphatic hydroxyl groups excluding tert-OH is 1.